The van der Waals surface area contributed by atoms with Gasteiger partial charge in [-0.3, -0.25) is 0 Å². The number of methoxy groups -OCH3 is 2. The molecule has 0 heterocycles. The van der Waals surface area contributed by atoms with Crippen molar-refractivity contribution in [1.29, 1.82) is 0 Å². The summed E-state index contributed by atoms with van der Waals surface area (Å²) in [5, 5.41) is 10.0. The van der Waals surface area contributed by atoms with Crippen molar-refractivity contribution < 1.29 is 14.6 Å². The first-order valence-corrected chi connectivity index (χ1v) is 6.27. The highest BCUT2D eigenvalue weighted by atomic mass is 16.5. The highest BCUT2D eigenvalue weighted by Crippen LogP contribution is 2.28. The highest BCUT2D eigenvalue weighted by Gasteiger charge is 2.22. The van der Waals surface area contributed by atoms with E-state index in [0.29, 0.717) is 0 Å². The molecule has 1 N–H and O–H groups in total. The number of hydrogen-bond donors (Lipinski definition) is 1. The highest BCUT2D eigenvalue weighted by molar-refractivity contribution is 5.40. The van der Waals surface area contributed by atoms with Crippen molar-refractivity contribution in [3.63, 3.8) is 0 Å². The fourth-order valence-electron chi connectivity index (χ4n) is 1.78. The first kappa shape index (κ1) is 14.8. The van der Waals surface area contributed by atoms with Crippen molar-refractivity contribution in [1.82, 2.24) is 0 Å². The Balaban J connectivity index is 2.73. The molecule has 3 heteroatoms. The monoisotopic (exact) mass is 252 g/mol. The molecule has 1 rings (SSSR count). The van der Waals surface area contributed by atoms with Crippen LogP contribution in [-0.2, 0) is 6.42 Å². The topological polar surface area (TPSA) is 38.7 Å². The normalized spacial score (nSPS) is 13.2. The first-order chi connectivity index (χ1) is 8.38. The molecule has 0 aliphatic carbocycles. The van der Waals surface area contributed by atoms with Crippen molar-refractivity contribution >= 4 is 0 Å². The summed E-state index contributed by atoms with van der Waals surface area (Å²) in [5.74, 6) is 1.60. The number of benzene rings is 1. The Bertz CT molecular complexity index is 380. The molecule has 102 valence electrons. The van der Waals surface area contributed by atoms with Gasteiger partial charge in [-0.15, -0.1) is 0 Å². The maximum absolute atomic E-state index is 10.0. The molecule has 0 aliphatic rings. The van der Waals surface area contributed by atoms with Gasteiger partial charge >= 0.3 is 0 Å². The predicted octanol–water partition coefficient (Wildman–Crippen LogP) is 3.04. The van der Waals surface area contributed by atoms with E-state index >= 15 is 0 Å². The molecule has 0 spiro atoms. The number of rotatable bonds is 5. The van der Waals surface area contributed by atoms with Crippen LogP contribution in [0.3, 0.4) is 0 Å². The van der Waals surface area contributed by atoms with E-state index in [1.165, 1.54) is 0 Å². The SMILES string of the molecule is COc1ccc(CCC(O)C(C)(C)C)c(OC)c1. The molecule has 0 radical (unpaired) electrons. The van der Waals surface area contributed by atoms with E-state index in [1.807, 2.05) is 39.0 Å². The molecule has 3 nitrogen and oxygen atoms in total. The van der Waals surface area contributed by atoms with Crippen molar-refractivity contribution in [3.05, 3.63) is 23.8 Å². The summed E-state index contributed by atoms with van der Waals surface area (Å²) in [5.41, 5.74) is 1.02. The lowest BCUT2D eigenvalue weighted by molar-refractivity contribution is 0.0559. The molecular weight excluding hydrogens is 228 g/mol. The van der Waals surface area contributed by atoms with Crippen LogP contribution >= 0.6 is 0 Å². The third-order valence-electron chi connectivity index (χ3n) is 3.18. The van der Waals surface area contributed by atoms with Gasteiger partial charge in [-0.05, 0) is 29.9 Å². The summed E-state index contributed by atoms with van der Waals surface area (Å²) in [6, 6.07) is 5.78. The lowest BCUT2D eigenvalue weighted by Gasteiger charge is -2.26. The summed E-state index contributed by atoms with van der Waals surface area (Å²) in [4.78, 5) is 0. The molecule has 1 atom stereocenters. The van der Waals surface area contributed by atoms with Gasteiger partial charge in [-0.25, -0.2) is 0 Å². The second-order valence-electron chi connectivity index (χ2n) is 5.60. The van der Waals surface area contributed by atoms with Crippen LogP contribution < -0.4 is 9.47 Å². The fourth-order valence-corrected chi connectivity index (χ4v) is 1.78. The van der Waals surface area contributed by atoms with Crippen molar-refractivity contribution in [3.8, 4) is 11.5 Å². The smallest absolute Gasteiger partial charge is 0.125 e. The summed E-state index contributed by atoms with van der Waals surface area (Å²) in [6.45, 7) is 6.13. The van der Waals surface area contributed by atoms with Gasteiger partial charge < -0.3 is 14.6 Å². The van der Waals surface area contributed by atoms with E-state index in [1.54, 1.807) is 14.2 Å². The molecular formula is C15H24O3. The van der Waals surface area contributed by atoms with Crippen molar-refractivity contribution in [2.45, 2.75) is 39.7 Å². The van der Waals surface area contributed by atoms with Gasteiger partial charge in [0.05, 0.1) is 20.3 Å². The molecule has 0 fully saturated rings. The van der Waals surface area contributed by atoms with Gasteiger partial charge in [0.25, 0.3) is 0 Å². The predicted molar refractivity (Wildman–Crippen MR) is 73.3 cm³/mol. The van der Waals surface area contributed by atoms with E-state index in [2.05, 4.69) is 0 Å². The molecule has 0 aliphatic heterocycles. The largest absolute Gasteiger partial charge is 0.497 e. The zero-order chi connectivity index (χ0) is 13.8. The van der Waals surface area contributed by atoms with Gasteiger partial charge in [0.15, 0.2) is 0 Å². The number of hydrogen-bond acceptors (Lipinski definition) is 3. The molecule has 18 heavy (non-hydrogen) atoms. The molecule has 0 amide bonds. The number of ether oxygens (including phenoxy) is 2. The number of aryl methyl sites for hydroxylation is 1. The fraction of sp³-hybridized carbons (Fsp3) is 0.600. The van der Waals surface area contributed by atoms with Gasteiger partial charge in [0.2, 0.25) is 0 Å². The Kier molecular flexibility index (Phi) is 5.03. The standard InChI is InChI=1S/C15H24O3/c1-15(2,3)14(16)9-7-11-6-8-12(17-4)10-13(11)18-5/h6,8,10,14,16H,7,9H2,1-5H3. The summed E-state index contributed by atoms with van der Waals surface area (Å²) in [6.07, 6.45) is 1.21. The number of aliphatic hydroxyl groups excluding tert-OH is 1. The minimum absolute atomic E-state index is 0.0836. The van der Waals surface area contributed by atoms with Crippen molar-refractivity contribution in [2.75, 3.05) is 14.2 Å². The quantitative estimate of drug-likeness (QED) is 0.875. The van der Waals surface area contributed by atoms with Crippen LogP contribution in [0.25, 0.3) is 0 Å². The third kappa shape index (κ3) is 3.91. The van der Waals surface area contributed by atoms with Crippen LogP contribution in [0.5, 0.6) is 11.5 Å². The van der Waals surface area contributed by atoms with Gasteiger partial charge in [-0.2, -0.15) is 0 Å². The van der Waals surface area contributed by atoms with Crippen LogP contribution in [0.2, 0.25) is 0 Å². The van der Waals surface area contributed by atoms with E-state index in [0.717, 1.165) is 29.9 Å². The Morgan fingerprint density at radius 1 is 1.17 bits per heavy atom. The maximum Gasteiger partial charge on any atom is 0.125 e. The van der Waals surface area contributed by atoms with Crippen LogP contribution in [0.15, 0.2) is 18.2 Å². The van der Waals surface area contributed by atoms with E-state index in [9.17, 15) is 5.11 Å². The van der Waals surface area contributed by atoms with Crippen LogP contribution in [0.4, 0.5) is 0 Å². The summed E-state index contributed by atoms with van der Waals surface area (Å²) >= 11 is 0. The van der Waals surface area contributed by atoms with Gasteiger partial charge in [-0.1, -0.05) is 26.8 Å². The van der Waals surface area contributed by atoms with Gasteiger partial charge in [0, 0.05) is 6.07 Å². The zero-order valence-corrected chi connectivity index (χ0v) is 12.0. The van der Waals surface area contributed by atoms with Crippen LogP contribution in [-0.4, -0.2) is 25.4 Å². The zero-order valence-electron chi connectivity index (χ0n) is 12.0. The van der Waals surface area contributed by atoms with E-state index < -0.39 is 0 Å². The molecule has 1 aromatic rings. The maximum atomic E-state index is 10.0. The second kappa shape index (κ2) is 6.10. The van der Waals surface area contributed by atoms with E-state index in [4.69, 9.17) is 9.47 Å². The Labute approximate surface area is 110 Å². The molecule has 1 unspecified atom stereocenters. The molecule has 0 saturated carbocycles. The first-order valence-electron chi connectivity index (χ1n) is 6.27. The Hall–Kier alpha value is -1.22. The minimum Gasteiger partial charge on any atom is -0.497 e. The molecule has 0 saturated heterocycles. The average molecular weight is 252 g/mol. The van der Waals surface area contributed by atoms with Crippen LogP contribution in [0, 0.1) is 5.41 Å². The number of aliphatic hydroxyl groups is 1. The van der Waals surface area contributed by atoms with Crippen molar-refractivity contribution in [2.24, 2.45) is 5.41 Å². The van der Waals surface area contributed by atoms with Gasteiger partial charge in [0.1, 0.15) is 11.5 Å². The van der Waals surface area contributed by atoms with Crippen LogP contribution in [0.1, 0.15) is 32.8 Å². The molecule has 0 bridgehead atoms. The third-order valence-corrected chi connectivity index (χ3v) is 3.18. The Morgan fingerprint density at radius 3 is 2.33 bits per heavy atom. The molecule has 0 aromatic heterocycles. The minimum atomic E-state index is -0.315. The second-order valence-corrected chi connectivity index (χ2v) is 5.60. The summed E-state index contributed by atoms with van der Waals surface area (Å²) in [7, 11) is 3.29. The summed E-state index contributed by atoms with van der Waals surface area (Å²) < 4.78 is 10.5. The Morgan fingerprint density at radius 2 is 1.83 bits per heavy atom. The lowest BCUT2D eigenvalue weighted by Crippen LogP contribution is -2.26. The van der Waals surface area contributed by atoms with E-state index in [-0.39, 0.29) is 11.5 Å². The molecule has 1 aromatic carbocycles. The lowest BCUT2D eigenvalue weighted by atomic mass is 9.85. The average Bonchev–Trinajstić information content (AvgIpc) is 2.34.